The molecular formula is C22H20N4O3S3. The van der Waals surface area contributed by atoms with Gasteiger partial charge >= 0.3 is 0 Å². The Morgan fingerprint density at radius 2 is 1.69 bits per heavy atom. The molecule has 0 spiro atoms. The maximum absolute atomic E-state index is 12.5. The highest BCUT2D eigenvalue weighted by Gasteiger charge is 2.15. The zero-order chi connectivity index (χ0) is 22.4. The van der Waals surface area contributed by atoms with Gasteiger partial charge < -0.3 is 5.32 Å². The zero-order valence-electron chi connectivity index (χ0n) is 16.9. The van der Waals surface area contributed by atoms with E-state index in [9.17, 15) is 13.2 Å². The molecule has 0 aliphatic carbocycles. The van der Waals surface area contributed by atoms with Gasteiger partial charge in [0, 0.05) is 18.7 Å². The summed E-state index contributed by atoms with van der Waals surface area (Å²) < 4.78 is 28.3. The Kier molecular flexibility index (Phi) is 7.15. The Balaban J connectivity index is 1.26. The van der Waals surface area contributed by atoms with Gasteiger partial charge in [-0.05, 0) is 28.5 Å². The molecule has 1 amide bonds. The molecule has 0 saturated heterocycles. The Bertz CT molecular complexity index is 1320. The minimum Gasteiger partial charge on any atom is -0.300 e. The predicted octanol–water partition coefficient (Wildman–Crippen LogP) is 4.29. The van der Waals surface area contributed by atoms with Crippen molar-refractivity contribution in [1.29, 1.82) is 0 Å². The summed E-state index contributed by atoms with van der Waals surface area (Å²) >= 11 is 2.83. The minimum atomic E-state index is -3.71. The van der Waals surface area contributed by atoms with Crippen molar-refractivity contribution in [1.82, 2.24) is 14.9 Å². The number of benzene rings is 3. The molecule has 1 aromatic heterocycles. The van der Waals surface area contributed by atoms with Crippen molar-refractivity contribution >= 4 is 54.9 Å². The molecule has 10 heteroatoms. The summed E-state index contributed by atoms with van der Waals surface area (Å²) in [6, 6.07) is 22.5. The standard InChI is InChI=1S/C22H20N4O3S3/c27-20(24-21-25-26-22(31-21)30-15-16-6-2-1-3-7-16)12-13-23-32(28,29)19-11-10-17-8-4-5-9-18(17)14-19/h1-11,14,23H,12-13,15H2,(H,24,25,27). The van der Waals surface area contributed by atoms with Crippen LogP contribution in [0.15, 0.2) is 82.0 Å². The molecule has 4 aromatic rings. The Hall–Kier alpha value is -2.79. The fraction of sp³-hybridized carbons (Fsp3) is 0.136. The molecule has 4 rings (SSSR count). The summed E-state index contributed by atoms with van der Waals surface area (Å²) in [5, 5.41) is 12.9. The molecule has 3 aromatic carbocycles. The Morgan fingerprint density at radius 1 is 0.938 bits per heavy atom. The molecule has 0 aliphatic rings. The average Bonchev–Trinajstić information content (AvgIpc) is 3.25. The third-order valence-corrected chi connectivity index (χ3v) is 8.04. The number of thioether (sulfide) groups is 1. The number of carbonyl (C=O) groups is 1. The topological polar surface area (TPSA) is 101 Å². The van der Waals surface area contributed by atoms with Gasteiger partial charge in [-0.25, -0.2) is 13.1 Å². The number of carbonyl (C=O) groups excluding carboxylic acids is 1. The maximum Gasteiger partial charge on any atom is 0.240 e. The van der Waals surface area contributed by atoms with Crippen molar-refractivity contribution in [2.75, 3.05) is 11.9 Å². The van der Waals surface area contributed by atoms with Gasteiger partial charge in [0.05, 0.1) is 4.90 Å². The number of hydrogen-bond donors (Lipinski definition) is 2. The average molecular weight is 485 g/mol. The number of sulfonamides is 1. The second-order valence-corrected chi connectivity index (χ2v) is 10.8. The van der Waals surface area contributed by atoms with Crippen LogP contribution < -0.4 is 10.0 Å². The lowest BCUT2D eigenvalue weighted by atomic mass is 10.1. The van der Waals surface area contributed by atoms with Gasteiger partial charge in [0.25, 0.3) is 0 Å². The van der Waals surface area contributed by atoms with Crippen LogP contribution >= 0.6 is 23.1 Å². The summed E-state index contributed by atoms with van der Waals surface area (Å²) in [5.41, 5.74) is 1.18. The third kappa shape index (κ3) is 5.92. The van der Waals surface area contributed by atoms with Crippen molar-refractivity contribution in [3.05, 3.63) is 78.4 Å². The molecule has 1 heterocycles. The first kappa shape index (κ1) is 22.4. The molecule has 2 N–H and O–H groups in total. The highest BCUT2D eigenvalue weighted by Crippen LogP contribution is 2.28. The summed E-state index contributed by atoms with van der Waals surface area (Å²) in [4.78, 5) is 12.4. The van der Waals surface area contributed by atoms with Crippen LogP contribution in [0.2, 0.25) is 0 Å². The van der Waals surface area contributed by atoms with E-state index in [1.807, 2.05) is 54.6 Å². The molecule has 0 aliphatic heterocycles. The van der Waals surface area contributed by atoms with Gasteiger partial charge in [-0.3, -0.25) is 4.79 Å². The second kappa shape index (κ2) is 10.2. The van der Waals surface area contributed by atoms with Gasteiger partial charge in [-0.2, -0.15) is 0 Å². The van der Waals surface area contributed by atoms with Crippen molar-refractivity contribution in [3.8, 4) is 0 Å². The molecule has 7 nitrogen and oxygen atoms in total. The van der Waals surface area contributed by atoms with Gasteiger partial charge in [0.2, 0.25) is 21.1 Å². The highest BCUT2D eigenvalue weighted by molar-refractivity contribution is 8.00. The SMILES string of the molecule is O=C(CCNS(=O)(=O)c1ccc2ccccc2c1)Nc1nnc(SCc2ccccc2)s1. The quantitative estimate of drug-likeness (QED) is 0.271. The maximum atomic E-state index is 12.5. The summed E-state index contributed by atoms with van der Waals surface area (Å²) in [5.74, 6) is 0.432. The fourth-order valence-corrected chi connectivity index (χ4v) is 5.73. The second-order valence-electron chi connectivity index (χ2n) is 6.85. The van der Waals surface area contributed by atoms with Crippen LogP contribution in [-0.2, 0) is 20.6 Å². The van der Waals surface area contributed by atoms with Crippen molar-refractivity contribution in [2.45, 2.75) is 21.4 Å². The van der Waals surface area contributed by atoms with Gasteiger partial charge in [-0.1, -0.05) is 83.8 Å². The molecule has 0 saturated carbocycles. The van der Waals surface area contributed by atoms with Gasteiger partial charge in [0.1, 0.15) is 0 Å². The first-order valence-electron chi connectivity index (χ1n) is 9.78. The normalized spacial score (nSPS) is 11.5. The van der Waals surface area contributed by atoms with Gasteiger partial charge in [0.15, 0.2) is 4.34 Å². The van der Waals surface area contributed by atoms with E-state index >= 15 is 0 Å². The van der Waals surface area contributed by atoms with Crippen LogP contribution in [0.1, 0.15) is 12.0 Å². The van der Waals surface area contributed by atoms with Crippen LogP contribution in [0.3, 0.4) is 0 Å². The summed E-state index contributed by atoms with van der Waals surface area (Å²) in [7, 11) is -3.71. The molecule has 32 heavy (non-hydrogen) atoms. The molecule has 0 fully saturated rings. The summed E-state index contributed by atoms with van der Waals surface area (Å²) in [6.07, 6.45) is -0.0150. The monoisotopic (exact) mass is 484 g/mol. The predicted molar refractivity (Wildman–Crippen MR) is 128 cm³/mol. The van der Waals surface area contributed by atoms with Crippen LogP contribution in [0.25, 0.3) is 10.8 Å². The number of anilines is 1. The van der Waals surface area contributed by atoms with Crippen LogP contribution in [0.5, 0.6) is 0 Å². The van der Waals surface area contributed by atoms with E-state index in [0.29, 0.717) is 5.13 Å². The van der Waals surface area contributed by atoms with E-state index in [1.165, 1.54) is 16.9 Å². The van der Waals surface area contributed by atoms with E-state index in [4.69, 9.17) is 0 Å². The first-order valence-corrected chi connectivity index (χ1v) is 13.1. The number of hydrogen-bond acceptors (Lipinski definition) is 7. The molecule has 0 atom stereocenters. The lowest BCUT2D eigenvalue weighted by molar-refractivity contribution is -0.116. The molecule has 164 valence electrons. The number of fused-ring (bicyclic) bond motifs is 1. The van der Waals surface area contributed by atoms with E-state index in [2.05, 4.69) is 20.2 Å². The summed E-state index contributed by atoms with van der Waals surface area (Å²) in [6.45, 7) is -0.0184. The number of nitrogens with zero attached hydrogens (tertiary/aromatic N) is 2. The number of amides is 1. The molecular weight excluding hydrogens is 464 g/mol. The largest absolute Gasteiger partial charge is 0.300 e. The third-order valence-electron chi connectivity index (χ3n) is 4.53. The van der Waals surface area contributed by atoms with Crippen molar-refractivity contribution in [2.24, 2.45) is 0 Å². The van der Waals surface area contributed by atoms with Gasteiger partial charge in [-0.15, -0.1) is 10.2 Å². The fourth-order valence-electron chi connectivity index (χ4n) is 2.94. The van der Waals surface area contributed by atoms with E-state index < -0.39 is 10.0 Å². The van der Waals surface area contributed by atoms with E-state index in [-0.39, 0.29) is 23.8 Å². The van der Waals surface area contributed by atoms with E-state index in [0.717, 1.165) is 20.9 Å². The van der Waals surface area contributed by atoms with Crippen LogP contribution in [0, 0.1) is 0 Å². The molecule has 0 radical (unpaired) electrons. The van der Waals surface area contributed by atoms with Crippen LogP contribution in [-0.4, -0.2) is 31.1 Å². The molecule has 0 unspecified atom stereocenters. The minimum absolute atomic E-state index is 0.0150. The van der Waals surface area contributed by atoms with E-state index in [1.54, 1.807) is 30.0 Å². The number of aromatic nitrogens is 2. The lowest BCUT2D eigenvalue weighted by Crippen LogP contribution is -2.27. The van der Waals surface area contributed by atoms with Crippen molar-refractivity contribution < 1.29 is 13.2 Å². The van der Waals surface area contributed by atoms with Crippen molar-refractivity contribution in [3.63, 3.8) is 0 Å². The lowest BCUT2D eigenvalue weighted by Gasteiger charge is -2.07. The van der Waals surface area contributed by atoms with Crippen LogP contribution in [0.4, 0.5) is 5.13 Å². The smallest absolute Gasteiger partial charge is 0.240 e. The number of rotatable bonds is 9. The Morgan fingerprint density at radius 3 is 2.50 bits per heavy atom. The highest BCUT2D eigenvalue weighted by atomic mass is 32.2. The Labute approximate surface area is 194 Å². The number of nitrogens with one attached hydrogen (secondary N) is 2. The molecule has 0 bridgehead atoms. The zero-order valence-corrected chi connectivity index (χ0v) is 19.3. The first-order chi connectivity index (χ1) is 15.5.